The van der Waals surface area contributed by atoms with Crippen LogP contribution in [0.15, 0.2) is 11.2 Å². The second-order valence-electron chi connectivity index (χ2n) is 2.51. The molecule has 0 atom stereocenters. The minimum atomic E-state index is -3.45. The molecule has 0 spiro atoms. The monoisotopic (exact) mass is 220 g/mol. The van der Waals surface area contributed by atoms with Gasteiger partial charge >= 0.3 is 0 Å². The molecule has 0 aliphatic heterocycles. The molecule has 0 aliphatic rings. The van der Waals surface area contributed by atoms with E-state index in [-0.39, 0.29) is 16.9 Å². The Labute approximate surface area is 81.8 Å². The van der Waals surface area contributed by atoms with E-state index in [1.54, 1.807) is 0 Å². The summed E-state index contributed by atoms with van der Waals surface area (Å²) in [6.45, 7) is 0. The van der Waals surface area contributed by atoms with Crippen LogP contribution in [0.1, 0.15) is 0 Å². The maximum atomic E-state index is 11.1. The summed E-state index contributed by atoms with van der Waals surface area (Å²) in [6, 6.07) is 1.40. The van der Waals surface area contributed by atoms with E-state index in [2.05, 4.69) is 9.97 Å². The Kier molecular flexibility index (Phi) is 2.90. The lowest BCUT2D eigenvalue weighted by molar-refractivity contribution is 0.363. The molecule has 1 aromatic rings. The number of nitrogens with zero attached hydrogens (tertiary/aromatic N) is 2. The third-order valence-electron chi connectivity index (χ3n) is 1.41. The molecule has 0 saturated heterocycles. The van der Waals surface area contributed by atoms with Gasteiger partial charge in [-0.15, -0.1) is 0 Å². The molecule has 6 nitrogen and oxygen atoms in total. The largest absolute Gasteiger partial charge is 0.481 e. The normalized spacial score (nSPS) is 11.1. The Hall–Kier alpha value is -1.37. The molecule has 0 N–H and O–H groups in total. The van der Waals surface area contributed by atoms with Gasteiger partial charge in [0.25, 0.3) is 5.16 Å². The molecule has 14 heavy (non-hydrogen) atoms. The first-order valence-electron chi connectivity index (χ1n) is 3.64. The number of hydrogen-bond acceptors (Lipinski definition) is 6. The Morgan fingerprint density at radius 3 is 1.93 bits per heavy atom. The number of ether oxygens (including phenoxy) is 2. The quantitative estimate of drug-likeness (QED) is 0.662. The fourth-order valence-electron chi connectivity index (χ4n) is 0.759. The Balaban J connectivity index is 3.32. The van der Waals surface area contributed by atoms with Crippen LogP contribution in [0, 0.1) is 0 Å². The van der Waals surface area contributed by atoms with Gasteiger partial charge in [-0.3, -0.25) is 0 Å². The fraction of sp³-hybridized carbons (Fsp3) is 0.429. The van der Waals surface area contributed by atoms with Crippen molar-refractivity contribution in [3.05, 3.63) is 6.07 Å². The number of sulfone groups is 1. The van der Waals surface area contributed by atoms with Gasteiger partial charge in [0, 0.05) is 6.26 Å². The predicted molar refractivity (Wildman–Crippen MR) is 48.2 cm³/mol. The van der Waals surface area contributed by atoms with Crippen LogP contribution in [0.3, 0.4) is 0 Å². The average Bonchev–Trinajstić information content (AvgIpc) is 2.15. The van der Waals surface area contributed by atoms with Crippen molar-refractivity contribution in [2.75, 3.05) is 20.5 Å². The summed E-state index contributed by atoms with van der Waals surface area (Å²) in [7, 11) is -0.685. The first-order valence-corrected chi connectivity index (χ1v) is 5.53. The summed E-state index contributed by atoms with van der Waals surface area (Å²) in [5.41, 5.74) is 0. The SMILES string of the molecule is COc1cc(OC)n[14c](S(C)(=O)=O)n1. The highest BCUT2D eigenvalue weighted by Crippen LogP contribution is 2.16. The van der Waals surface area contributed by atoms with Crippen molar-refractivity contribution in [3.63, 3.8) is 0 Å². The van der Waals surface area contributed by atoms with Crippen LogP contribution < -0.4 is 9.47 Å². The van der Waals surface area contributed by atoms with E-state index in [1.807, 2.05) is 0 Å². The molecular formula is C7H10N2O4S. The molecule has 0 saturated carbocycles. The highest BCUT2D eigenvalue weighted by Gasteiger charge is 2.14. The lowest BCUT2D eigenvalue weighted by Gasteiger charge is -2.04. The van der Waals surface area contributed by atoms with Crippen LogP contribution in [-0.4, -0.2) is 38.9 Å². The summed E-state index contributed by atoms with van der Waals surface area (Å²) >= 11 is 0. The summed E-state index contributed by atoms with van der Waals surface area (Å²) in [6.07, 6.45) is 1.02. The Morgan fingerprint density at radius 1 is 1.21 bits per heavy atom. The molecule has 1 heterocycles. The summed E-state index contributed by atoms with van der Waals surface area (Å²) < 4.78 is 31.9. The second-order valence-corrected chi connectivity index (χ2v) is 4.42. The zero-order valence-corrected chi connectivity index (χ0v) is 8.83. The number of aromatic nitrogens is 2. The maximum absolute atomic E-state index is 11.1. The zero-order chi connectivity index (χ0) is 10.8. The predicted octanol–water partition coefficient (Wildman–Crippen LogP) is -0.103. The van der Waals surface area contributed by atoms with Crippen molar-refractivity contribution in [2.24, 2.45) is 0 Å². The lowest BCUT2D eigenvalue weighted by atomic mass is 10.6. The van der Waals surface area contributed by atoms with E-state index in [0.29, 0.717) is 0 Å². The molecule has 0 amide bonds. The van der Waals surface area contributed by atoms with Gasteiger partial charge in [0.2, 0.25) is 21.6 Å². The minimum absolute atomic E-state index is 0.150. The third-order valence-corrected chi connectivity index (χ3v) is 2.25. The highest BCUT2D eigenvalue weighted by atomic mass is 32.2. The maximum Gasteiger partial charge on any atom is 0.253 e. The van der Waals surface area contributed by atoms with E-state index in [0.717, 1.165) is 6.26 Å². The van der Waals surface area contributed by atoms with Crippen LogP contribution in [0.2, 0.25) is 0 Å². The number of rotatable bonds is 3. The molecule has 1 rings (SSSR count). The molecular weight excluding hydrogens is 210 g/mol. The van der Waals surface area contributed by atoms with Crippen LogP contribution >= 0.6 is 0 Å². The lowest BCUT2D eigenvalue weighted by Crippen LogP contribution is -2.06. The Bertz CT molecular complexity index is 407. The van der Waals surface area contributed by atoms with Gasteiger partial charge in [-0.05, 0) is 0 Å². The molecule has 0 radical (unpaired) electrons. The van der Waals surface area contributed by atoms with Crippen LogP contribution in [0.5, 0.6) is 11.8 Å². The summed E-state index contributed by atoms with van der Waals surface area (Å²) in [5, 5.41) is -0.311. The third kappa shape index (κ3) is 2.32. The molecule has 78 valence electrons. The van der Waals surface area contributed by atoms with Crippen molar-refractivity contribution >= 4 is 9.84 Å². The molecule has 0 unspecified atom stereocenters. The van der Waals surface area contributed by atoms with Crippen molar-refractivity contribution in [1.29, 1.82) is 0 Å². The van der Waals surface area contributed by atoms with Crippen LogP contribution in [0.25, 0.3) is 0 Å². The average molecular weight is 220 g/mol. The van der Waals surface area contributed by atoms with Crippen LogP contribution in [0.4, 0.5) is 0 Å². The second kappa shape index (κ2) is 3.79. The van der Waals surface area contributed by atoms with Crippen molar-refractivity contribution in [1.82, 2.24) is 9.97 Å². The highest BCUT2D eigenvalue weighted by molar-refractivity contribution is 7.90. The molecule has 0 fully saturated rings. The molecule has 1 aromatic heterocycles. The molecule has 0 aliphatic carbocycles. The van der Waals surface area contributed by atoms with Gasteiger partial charge < -0.3 is 9.47 Å². The molecule has 0 aromatic carbocycles. The van der Waals surface area contributed by atoms with Crippen molar-refractivity contribution in [2.45, 2.75) is 5.16 Å². The van der Waals surface area contributed by atoms with Crippen molar-refractivity contribution in [3.8, 4) is 11.8 Å². The van der Waals surface area contributed by atoms with Gasteiger partial charge in [-0.25, -0.2) is 8.42 Å². The van der Waals surface area contributed by atoms with E-state index in [9.17, 15) is 8.42 Å². The van der Waals surface area contributed by atoms with Crippen molar-refractivity contribution < 1.29 is 17.9 Å². The van der Waals surface area contributed by atoms with Gasteiger partial charge in [-0.2, -0.15) is 9.97 Å². The van der Waals surface area contributed by atoms with Gasteiger partial charge in [0.05, 0.1) is 20.3 Å². The van der Waals surface area contributed by atoms with Gasteiger partial charge in [0.1, 0.15) is 0 Å². The summed E-state index contributed by atoms with van der Waals surface area (Å²) in [5.74, 6) is 0.301. The van der Waals surface area contributed by atoms with Gasteiger partial charge in [0.15, 0.2) is 0 Å². The Morgan fingerprint density at radius 2 is 1.64 bits per heavy atom. The van der Waals surface area contributed by atoms with Gasteiger partial charge in [-0.1, -0.05) is 0 Å². The van der Waals surface area contributed by atoms with E-state index < -0.39 is 9.84 Å². The summed E-state index contributed by atoms with van der Waals surface area (Å²) in [4.78, 5) is 7.34. The van der Waals surface area contributed by atoms with Crippen LogP contribution in [-0.2, 0) is 9.84 Å². The van der Waals surface area contributed by atoms with E-state index >= 15 is 0 Å². The minimum Gasteiger partial charge on any atom is -0.481 e. The first-order chi connectivity index (χ1) is 6.47. The fourth-order valence-corrected chi connectivity index (χ4v) is 1.27. The molecule has 0 bridgehead atoms. The smallest absolute Gasteiger partial charge is 0.253 e. The first kappa shape index (κ1) is 10.7. The zero-order valence-electron chi connectivity index (χ0n) is 8.01. The topological polar surface area (TPSA) is 78.4 Å². The molecule has 7 heteroatoms. The standard InChI is InChI=1S/C7H10N2O4S/c1-12-5-4-6(13-2)9-7(8-5)14(3,10)11/h4H,1-3H3/i7+2. The number of methoxy groups -OCH3 is 2. The number of hydrogen-bond donors (Lipinski definition) is 0. The van der Waals surface area contributed by atoms with E-state index in [1.165, 1.54) is 20.3 Å². The van der Waals surface area contributed by atoms with E-state index in [4.69, 9.17) is 9.47 Å².